The van der Waals surface area contributed by atoms with Gasteiger partial charge >= 0.3 is 0 Å². The largest absolute Gasteiger partial charge is 0.506 e. The number of ether oxygens (including phenoxy) is 1. The zero-order valence-electron chi connectivity index (χ0n) is 13.3. The van der Waals surface area contributed by atoms with Crippen LogP contribution in [-0.2, 0) is 16.0 Å². The highest BCUT2D eigenvalue weighted by Gasteiger charge is 2.19. The van der Waals surface area contributed by atoms with Crippen molar-refractivity contribution in [3.05, 3.63) is 46.3 Å². The van der Waals surface area contributed by atoms with E-state index in [4.69, 9.17) is 10.5 Å². The fourth-order valence-electron chi connectivity index (χ4n) is 2.69. The highest BCUT2D eigenvalue weighted by molar-refractivity contribution is 5.76. The topological polar surface area (TPSA) is 111 Å². The van der Waals surface area contributed by atoms with Crippen LogP contribution in [0, 0.1) is 5.82 Å². The second-order valence-corrected chi connectivity index (χ2v) is 5.58. The molecule has 1 fully saturated rings. The van der Waals surface area contributed by atoms with Gasteiger partial charge in [0.2, 0.25) is 5.91 Å². The Hall–Kier alpha value is -2.94. The fourth-order valence-corrected chi connectivity index (χ4v) is 2.69. The molecule has 1 aromatic carbocycles. The van der Waals surface area contributed by atoms with Crippen LogP contribution < -0.4 is 16.2 Å². The van der Waals surface area contributed by atoms with Crippen molar-refractivity contribution in [3.8, 4) is 11.4 Å². The lowest BCUT2D eigenvalue weighted by Gasteiger charge is -2.28. The second-order valence-electron chi connectivity index (χ2n) is 5.58. The van der Waals surface area contributed by atoms with E-state index >= 15 is 0 Å². The van der Waals surface area contributed by atoms with E-state index in [2.05, 4.69) is 4.98 Å². The van der Waals surface area contributed by atoms with Gasteiger partial charge in [0.05, 0.1) is 25.3 Å². The van der Waals surface area contributed by atoms with E-state index in [9.17, 15) is 19.1 Å². The van der Waals surface area contributed by atoms with Gasteiger partial charge in [0.1, 0.15) is 23.2 Å². The molecule has 1 aromatic heterocycles. The van der Waals surface area contributed by atoms with Crippen LogP contribution in [0.25, 0.3) is 5.69 Å². The van der Waals surface area contributed by atoms with Gasteiger partial charge < -0.3 is 20.5 Å². The first kappa shape index (κ1) is 16.9. The van der Waals surface area contributed by atoms with Crippen LogP contribution in [0.1, 0.15) is 5.82 Å². The first-order valence-corrected chi connectivity index (χ1v) is 7.68. The maximum Gasteiger partial charge on any atom is 0.260 e. The molecule has 2 heterocycles. The highest BCUT2D eigenvalue weighted by atomic mass is 19.1. The number of halogens is 1. The Morgan fingerprint density at radius 3 is 2.68 bits per heavy atom. The lowest BCUT2D eigenvalue weighted by Crippen LogP contribution is -2.38. The summed E-state index contributed by atoms with van der Waals surface area (Å²) in [6, 6.07) is 4.53. The van der Waals surface area contributed by atoms with Crippen molar-refractivity contribution in [3.63, 3.8) is 0 Å². The Bertz CT molecular complexity index is 862. The normalized spacial score (nSPS) is 14.5. The smallest absolute Gasteiger partial charge is 0.260 e. The summed E-state index contributed by atoms with van der Waals surface area (Å²) in [5.41, 5.74) is 4.79. The Balaban J connectivity index is 2.13. The molecule has 0 bridgehead atoms. The number of amides is 1. The van der Waals surface area contributed by atoms with E-state index < -0.39 is 23.0 Å². The number of rotatable bonds is 4. The number of carbonyl (C=O) groups is 1. The number of morpholine rings is 1. The van der Waals surface area contributed by atoms with Crippen molar-refractivity contribution in [1.29, 1.82) is 0 Å². The predicted molar refractivity (Wildman–Crippen MR) is 87.4 cm³/mol. The maximum absolute atomic E-state index is 13.2. The average molecular weight is 348 g/mol. The van der Waals surface area contributed by atoms with Crippen LogP contribution in [-0.4, -0.2) is 46.9 Å². The van der Waals surface area contributed by atoms with E-state index in [-0.39, 0.29) is 17.9 Å². The summed E-state index contributed by atoms with van der Waals surface area (Å²) in [4.78, 5) is 30.3. The molecule has 0 unspecified atom stereocenters. The van der Waals surface area contributed by atoms with E-state index in [0.717, 1.165) is 16.7 Å². The molecule has 0 aliphatic carbocycles. The Morgan fingerprint density at radius 2 is 2.04 bits per heavy atom. The molecule has 3 N–H and O–H groups in total. The standard InChI is InChI=1S/C16H17FN4O4/c17-10-1-2-11(12(22)7-10)21-15(8-13(18)23)19-14(9-16(21)24)20-3-5-25-6-4-20/h1-2,7,9,22H,3-6,8H2,(H2,18,23). The minimum atomic E-state index is -0.679. The van der Waals surface area contributed by atoms with Gasteiger partial charge in [-0.05, 0) is 12.1 Å². The zero-order chi connectivity index (χ0) is 18.0. The Morgan fingerprint density at radius 1 is 1.32 bits per heavy atom. The predicted octanol–water partition coefficient (Wildman–Crippen LogP) is -0.0584. The number of phenolic OH excluding ortho intramolecular Hbond substituents is 1. The third-order valence-electron chi connectivity index (χ3n) is 3.82. The molecular formula is C16H17FN4O4. The number of carbonyl (C=O) groups excluding carboxylic acids is 1. The number of nitrogens with zero attached hydrogens (tertiary/aromatic N) is 3. The molecule has 9 heteroatoms. The average Bonchev–Trinajstić information content (AvgIpc) is 2.56. The number of phenols is 1. The van der Waals surface area contributed by atoms with Crippen molar-refractivity contribution in [2.24, 2.45) is 5.73 Å². The van der Waals surface area contributed by atoms with Crippen molar-refractivity contribution < 1.29 is 19.0 Å². The lowest BCUT2D eigenvalue weighted by molar-refractivity contribution is -0.117. The summed E-state index contributed by atoms with van der Waals surface area (Å²) < 4.78 is 19.6. The molecule has 2 aromatic rings. The molecule has 1 aliphatic rings. The van der Waals surface area contributed by atoms with Gasteiger partial charge in [-0.2, -0.15) is 0 Å². The third kappa shape index (κ3) is 3.61. The van der Waals surface area contributed by atoms with Crippen molar-refractivity contribution >= 4 is 11.7 Å². The number of aromatic hydroxyl groups is 1. The quantitative estimate of drug-likeness (QED) is 0.801. The number of hydrogen-bond acceptors (Lipinski definition) is 6. The van der Waals surface area contributed by atoms with Gasteiger partial charge in [0.15, 0.2) is 0 Å². The van der Waals surface area contributed by atoms with Gasteiger partial charge in [-0.15, -0.1) is 0 Å². The fraction of sp³-hybridized carbons (Fsp3) is 0.312. The van der Waals surface area contributed by atoms with Gasteiger partial charge in [-0.25, -0.2) is 9.37 Å². The first-order valence-electron chi connectivity index (χ1n) is 7.68. The number of aromatic nitrogens is 2. The summed E-state index contributed by atoms with van der Waals surface area (Å²) in [5, 5.41) is 9.98. The molecule has 25 heavy (non-hydrogen) atoms. The van der Waals surface area contributed by atoms with Gasteiger partial charge in [0, 0.05) is 25.2 Å². The van der Waals surface area contributed by atoms with Gasteiger partial charge in [-0.3, -0.25) is 14.2 Å². The highest BCUT2D eigenvalue weighted by Crippen LogP contribution is 2.23. The SMILES string of the molecule is NC(=O)Cc1nc(N2CCOCC2)cc(=O)n1-c1ccc(F)cc1O. The van der Waals surface area contributed by atoms with Crippen LogP contribution in [0.15, 0.2) is 29.1 Å². The van der Waals surface area contributed by atoms with Crippen molar-refractivity contribution in [1.82, 2.24) is 9.55 Å². The van der Waals surface area contributed by atoms with E-state index in [1.165, 1.54) is 12.1 Å². The summed E-state index contributed by atoms with van der Waals surface area (Å²) >= 11 is 0. The summed E-state index contributed by atoms with van der Waals surface area (Å²) in [6.45, 7) is 2.14. The molecule has 0 spiro atoms. The van der Waals surface area contributed by atoms with Crippen molar-refractivity contribution in [2.45, 2.75) is 6.42 Å². The Labute approximate surface area is 142 Å². The monoisotopic (exact) mass is 348 g/mol. The number of nitrogens with two attached hydrogens (primary N) is 1. The van der Waals surface area contributed by atoms with Crippen LogP contribution in [0.4, 0.5) is 10.2 Å². The number of hydrogen-bond donors (Lipinski definition) is 2. The molecule has 1 amide bonds. The van der Waals surface area contributed by atoms with Crippen LogP contribution in [0.2, 0.25) is 0 Å². The molecule has 1 saturated heterocycles. The maximum atomic E-state index is 13.2. The minimum Gasteiger partial charge on any atom is -0.506 e. The van der Waals surface area contributed by atoms with Crippen LogP contribution >= 0.6 is 0 Å². The van der Waals surface area contributed by atoms with Gasteiger partial charge in [0.25, 0.3) is 5.56 Å². The third-order valence-corrected chi connectivity index (χ3v) is 3.82. The van der Waals surface area contributed by atoms with E-state index in [1.807, 2.05) is 4.90 Å². The number of anilines is 1. The lowest BCUT2D eigenvalue weighted by atomic mass is 10.2. The molecular weight excluding hydrogens is 331 g/mol. The van der Waals surface area contributed by atoms with E-state index in [1.54, 1.807) is 0 Å². The molecule has 0 radical (unpaired) electrons. The summed E-state index contributed by atoms with van der Waals surface area (Å²) in [7, 11) is 0. The first-order chi connectivity index (χ1) is 12.0. The molecule has 0 atom stereocenters. The molecule has 3 rings (SSSR count). The van der Waals surface area contributed by atoms with E-state index in [0.29, 0.717) is 32.1 Å². The van der Waals surface area contributed by atoms with Gasteiger partial charge in [-0.1, -0.05) is 0 Å². The number of primary amides is 1. The zero-order valence-corrected chi connectivity index (χ0v) is 13.3. The van der Waals surface area contributed by atoms with Crippen LogP contribution in [0.3, 0.4) is 0 Å². The molecule has 0 saturated carbocycles. The summed E-state index contributed by atoms with van der Waals surface area (Å²) in [5.74, 6) is -1.29. The molecule has 132 valence electrons. The second kappa shape index (κ2) is 6.89. The molecule has 1 aliphatic heterocycles. The van der Waals surface area contributed by atoms with Crippen LogP contribution in [0.5, 0.6) is 5.75 Å². The minimum absolute atomic E-state index is 0.0312. The van der Waals surface area contributed by atoms with Crippen molar-refractivity contribution in [2.75, 3.05) is 31.2 Å². The molecule has 8 nitrogen and oxygen atoms in total. The Kier molecular flexibility index (Phi) is 4.66. The summed E-state index contributed by atoms with van der Waals surface area (Å²) in [6.07, 6.45) is -0.301. The number of benzene rings is 1.